The van der Waals surface area contributed by atoms with Crippen molar-refractivity contribution in [3.8, 4) is 11.1 Å². The molecule has 0 N–H and O–H groups in total. The smallest absolute Gasteiger partial charge is 0.196 e. The predicted octanol–water partition coefficient (Wildman–Crippen LogP) is 4.49. The molecule has 3 aromatic rings. The van der Waals surface area contributed by atoms with Gasteiger partial charge in [0.2, 0.25) is 0 Å². The molecular formula is C21H15FO3. The summed E-state index contributed by atoms with van der Waals surface area (Å²) >= 11 is 0. The second-order valence-corrected chi connectivity index (χ2v) is 6.17. The average Bonchev–Trinajstić information content (AvgIpc) is 2.61. The lowest BCUT2D eigenvalue weighted by Crippen LogP contribution is -2.25. The van der Waals surface area contributed by atoms with Crippen molar-refractivity contribution in [1.82, 2.24) is 0 Å². The number of ketones is 2. The van der Waals surface area contributed by atoms with Crippen LogP contribution in [0, 0.1) is 5.82 Å². The Kier molecular flexibility index (Phi) is 3.70. The molecule has 0 amide bonds. The summed E-state index contributed by atoms with van der Waals surface area (Å²) in [5.74, 6) is -1.03. The van der Waals surface area contributed by atoms with E-state index in [1.54, 1.807) is 12.1 Å². The summed E-state index contributed by atoms with van der Waals surface area (Å²) in [6.45, 7) is 1.14. The van der Waals surface area contributed by atoms with Gasteiger partial charge in [0.1, 0.15) is 18.5 Å². The fourth-order valence-corrected chi connectivity index (χ4v) is 3.42. The van der Waals surface area contributed by atoms with Gasteiger partial charge in [0.05, 0.1) is 0 Å². The highest BCUT2D eigenvalue weighted by Gasteiger charge is 2.36. The first kappa shape index (κ1) is 15.7. The molecule has 1 unspecified atom stereocenters. The Morgan fingerprint density at radius 1 is 1.08 bits per heavy atom. The zero-order chi connectivity index (χ0) is 17.6. The summed E-state index contributed by atoms with van der Waals surface area (Å²) in [5.41, 5.74) is 2.06. The van der Waals surface area contributed by atoms with E-state index in [2.05, 4.69) is 0 Å². The number of fused-ring (bicyclic) bond motifs is 5. The Bertz CT molecular complexity index is 1020. The van der Waals surface area contributed by atoms with Crippen LogP contribution in [0.25, 0.3) is 21.9 Å². The van der Waals surface area contributed by atoms with E-state index in [4.69, 9.17) is 4.74 Å². The SMILES string of the molecule is CC(=O)COC1C(=O)c2ccccc2-c2c1c(F)cc1ccccc21. The van der Waals surface area contributed by atoms with E-state index >= 15 is 0 Å². The lowest BCUT2D eigenvalue weighted by Gasteiger charge is -2.28. The van der Waals surface area contributed by atoms with Gasteiger partial charge in [0.25, 0.3) is 0 Å². The average molecular weight is 334 g/mol. The minimum Gasteiger partial charge on any atom is -0.357 e. The van der Waals surface area contributed by atoms with Crippen LogP contribution < -0.4 is 0 Å². The Morgan fingerprint density at radius 3 is 2.52 bits per heavy atom. The van der Waals surface area contributed by atoms with Gasteiger partial charge in [-0.1, -0.05) is 48.5 Å². The lowest BCUT2D eigenvalue weighted by molar-refractivity contribution is -0.122. The molecule has 0 aliphatic heterocycles. The van der Waals surface area contributed by atoms with Crippen molar-refractivity contribution >= 4 is 22.3 Å². The fraction of sp³-hybridized carbons (Fsp3) is 0.143. The molecule has 0 fully saturated rings. The summed E-state index contributed by atoms with van der Waals surface area (Å²) < 4.78 is 20.5. The van der Waals surface area contributed by atoms with E-state index in [1.807, 2.05) is 36.4 Å². The van der Waals surface area contributed by atoms with Crippen LogP contribution in [0.3, 0.4) is 0 Å². The molecule has 124 valence electrons. The summed E-state index contributed by atoms with van der Waals surface area (Å²) in [4.78, 5) is 24.2. The number of rotatable bonds is 3. The van der Waals surface area contributed by atoms with Gasteiger partial charge in [-0.05, 0) is 34.9 Å². The van der Waals surface area contributed by atoms with Gasteiger partial charge in [0, 0.05) is 11.1 Å². The molecule has 1 aliphatic carbocycles. The Balaban J connectivity index is 2.05. The standard InChI is InChI=1S/C21H15FO3/c1-12(23)11-25-21-19-17(22)10-13-6-2-3-7-14(13)18(19)15-8-4-5-9-16(15)20(21)24/h2-10,21H,11H2,1H3. The van der Waals surface area contributed by atoms with Gasteiger partial charge in [-0.15, -0.1) is 0 Å². The van der Waals surface area contributed by atoms with Crippen molar-refractivity contribution in [3.05, 3.63) is 71.5 Å². The molecule has 0 saturated carbocycles. The summed E-state index contributed by atoms with van der Waals surface area (Å²) in [7, 11) is 0. The van der Waals surface area contributed by atoms with E-state index < -0.39 is 11.9 Å². The molecular weight excluding hydrogens is 319 g/mol. The van der Waals surface area contributed by atoms with Crippen molar-refractivity contribution in [2.75, 3.05) is 6.61 Å². The summed E-state index contributed by atoms with van der Waals surface area (Å²) in [5, 5.41) is 1.61. The van der Waals surface area contributed by atoms with Gasteiger partial charge < -0.3 is 4.74 Å². The van der Waals surface area contributed by atoms with E-state index in [0.29, 0.717) is 16.7 Å². The number of ether oxygens (including phenoxy) is 1. The molecule has 4 rings (SSSR count). The van der Waals surface area contributed by atoms with E-state index in [-0.39, 0.29) is 23.7 Å². The quantitative estimate of drug-likeness (QED) is 0.709. The topological polar surface area (TPSA) is 43.4 Å². The van der Waals surface area contributed by atoms with Crippen LogP contribution in [0.4, 0.5) is 4.39 Å². The van der Waals surface area contributed by atoms with Crippen molar-refractivity contribution in [1.29, 1.82) is 0 Å². The maximum Gasteiger partial charge on any atom is 0.196 e. The van der Waals surface area contributed by atoms with Crippen molar-refractivity contribution in [3.63, 3.8) is 0 Å². The first-order valence-electron chi connectivity index (χ1n) is 8.03. The van der Waals surface area contributed by atoms with Crippen LogP contribution >= 0.6 is 0 Å². The normalized spacial score (nSPS) is 15.8. The van der Waals surface area contributed by atoms with Crippen LogP contribution in [0.2, 0.25) is 0 Å². The van der Waals surface area contributed by atoms with Crippen LogP contribution in [0.1, 0.15) is 28.9 Å². The third-order valence-corrected chi connectivity index (χ3v) is 4.45. The van der Waals surface area contributed by atoms with Crippen molar-refractivity contribution < 1.29 is 18.7 Å². The third-order valence-electron chi connectivity index (χ3n) is 4.45. The number of Topliss-reactive ketones (excluding diaryl/α,β-unsaturated/α-hetero) is 2. The number of benzene rings is 3. The fourth-order valence-electron chi connectivity index (χ4n) is 3.42. The first-order chi connectivity index (χ1) is 12.1. The maximum atomic E-state index is 14.9. The molecule has 3 nitrogen and oxygen atoms in total. The van der Waals surface area contributed by atoms with Crippen LogP contribution in [0.15, 0.2) is 54.6 Å². The maximum absolute atomic E-state index is 14.9. The van der Waals surface area contributed by atoms with Crippen LogP contribution in [-0.2, 0) is 9.53 Å². The zero-order valence-corrected chi connectivity index (χ0v) is 13.6. The highest BCUT2D eigenvalue weighted by Crippen LogP contribution is 2.45. The Morgan fingerprint density at radius 2 is 1.76 bits per heavy atom. The highest BCUT2D eigenvalue weighted by molar-refractivity contribution is 6.14. The number of halogens is 1. The van der Waals surface area contributed by atoms with Gasteiger partial charge in [-0.25, -0.2) is 4.39 Å². The molecule has 1 aliphatic rings. The van der Waals surface area contributed by atoms with Gasteiger partial charge in [-0.3, -0.25) is 9.59 Å². The first-order valence-corrected chi connectivity index (χ1v) is 8.03. The van der Waals surface area contributed by atoms with Crippen molar-refractivity contribution in [2.45, 2.75) is 13.0 Å². The summed E-state index contributed by atoms with van der Waals surface area (Å²) in [6.07, 6.45) is -1.11. The predicted molar refractivity (Wildman–Crippen MR) is 93.0 cm³/mol. The molecule has 0 spiro atoms. The molecule has 25 heavy (non-hydrogen) atoms. The Hall–Kier alpha value is -2.85. The second-order valence-electron chi connectivity index (χ2n) is 6.17. The van der Waals surface area contributed by atoms with Crippen LogP contribution in [0.5, 0.6) is 0 Å². The molecule has 3 aromatic carbocycles. The Labute approximate surface area is 144 Å². The van der Waals surface area contributed by atoms with Gasteiger partial charge >= 0.3 is 0 Å². The monoisotopic (exact) mass is 334 g/mol. The highest BCUT2D eigenvalue weighted by atomic mass is 19.1. The van der Waals surface area contributed by atoms with E-state index in [9.17, 15) is 14.0 Å². The minimum atomic E-state index is -1.11. The molecule has 4 heteroatoms. The second kappa shape index (κ2) is 5.90. The number of hydrogen-bond acceptors (Lipinski definition) is 3. The molecule has 0 bridgehead atoms. The third kappa shape index (κ3) is 2.46. The number of hydrogen-bond donors (Lipinski definition) is 0. The van der Waals surface area contributed by atoms with Gasteiger partial charge in [0.15, 0.2) is 11.6 Å². The molecule has 1 atom stereocenters. The molecule has 0 heterocycles. The lowest BCUT2D eigenvalue weighted by atomic mass is 9.80. The van der Waals surface area contributed by atoms with Crippen LogP contribution in [-0.4, -0.2) is 18.2 Å². The van der Waals surface area contributed by atoms with Crippen molar-refractivity contribution in [2.24, 2.45) is 0 Å². The molecule has 0 aromatic heterocycles. The number of carbonyl (C=O) groups is 2. The molecule has 0 saturated heterocycles. The number of carbonyl (C=O) groups excluding carboxylic acids is 2. The van der Waals surface area contributed by atoms with E-state index in [0.717, 1.165) is 10.8 Å². The largest absolute Gasteiger partial charge is 0.357 e. The van der Waals surface area contributed by atoms with E-state index in [1.165, 1.54) is 13.0 Å². The minimum absolute atomic E-state index is 0.212. The zero-order valence-electron chi connectivity index (χ0n) is 13.6. The van der Waals surface area contributed by atoms with Gasteiger partial charge in [-0.2, -0.15) is 0 Å². The molecule has 0 radical (unpaired) electrons. The summed E-state index contributed by atoms with van der Waals surface area (Å²) in [6, 6.07) is 16.0.